The summed E-state index contributed by atoms with van der Waals surface area (Å²) in [5, 5.41) is 5.35. The van der Waals surface area contributed by atoms with E-state index in [4.69, 9.17) is 10.9 Å². The van der Waals surface area contributed by atoms with E-state index in [9.17, 15) is 13.2 Å². The van der Waals surface area contributed by atoms with Crippen LogP contribution in [0.3, 0.4) is 0 Å². The van der Waals surface area contributed by atoms with Gasteiger partial charge in [0.15, 0.2) is 5.16 Å². The number of anilines is 1. The molecule has 0 spiro atoms. The second-order valence-corrected chi connectivity index (χ2v) is 6.18. The molecular weight excluding hydrogens is 288 g/mol. The van der Waals surface area contributed by atoms with E-state index >= 15 is 0 Å². The summed E-state index contributed by atoms with van der Waals surface area (Å²) in [4.78, 5) is 18.0. The molecule has 5 N–H and O–H groups in total. The molecule has 0 radical (unpaired) electrons. The van der Waals surface area contributed by atoms with Gasteiger partial charge in [-0.2, -0.15) is 0 Å². The summed E-state index contributed by atoms with van der Waals surface area (Å²) < 4.78 is 22.5. The molecule has 2 rings (SSSR count). The average Bonchev–Trinajstić information content (AvgIpc) is 2.30. The zero-order chi connectivity index (χ0) is 14.0. The van der Waals surface area contributed by atoms with Gasteiger partial charge in [-0.25, -0.2) is 18.5 Å². The largest absolute Gasteiger partial charge is 0.398 e. The molecule has 0 atom stereocenters. The first-order valence-electron chi connectivity index (χ1n) is 5.02. The number of primary sulfonamides is 1. The first kappa shape index (κ1) is 13.6. The maximum atomic E-state index is 11.3. The number of nitrogens with one attached hydrogen (secondary N) is 1. The average molecular weight is 298 g/mol. The van der Waals surface area contributed by atoms with Crippen LogP contribution in [0.5, 0.6) is 0 Å². The van der Waals surface area contributed by atoms with E-state index < -0.39 is 10.0 Å². The van der Waals surface area contributed by atoms with Gasteiger partial charge in [-0.1, -0.05) is 0 Å². The highest BCUT2D eigenvalue weighted by molar-refractivity contribution is 7.99. The first-order chi connectivity index (χ1) is 8.86. The van der Waals surface area contributed by atoms with Crippen molar-refractivity contribution in [2.45, 2.75) is 14.9 Å². The molecule has 1 aromatic heterocycles. The number of nitrogens with two attached hydrogens (primary N) is 2. The molecule has 1 heterocycles. The maximum Gasteiger partial charge on any atom is 0.251 e. The van der Waals surface area contributed by atoms with Crippen LogP contribution in [-0.2, 0) is 10.0 Å². The number of nitrogen functional groups attached to an aromatic ring is 1. The summed E-state index contributed by atoms with van der Waals surface area (Å²) in [7, 11) is -3.80. The number of rotatable bonds is 3. The Balaban J connectivity index is 2.43. The summed E-state index contributed by atoms with van der Waals surface area (Å²) in [5.74, 6) is 0. The van der Waals surface area contributed by atoms with Crippen LogP contribution in [-0.4, -0.2) is 18.4 Å². The fourth-order valence-electron chi connectivity index (χ4n) is 1.29. The number of benzene rings is 1. The second-order valence-electron chi connectivity index (χ2n) is 3.59. The van der Waals surface area contributed by atoms with Gasteiger partial charge in [0.25, 0.3) is 5.56 Å². The second kappa shape index (κ2) is 5.03. The van der Waals surface area contributed by atoms with Crippen molar-refractivity contribution >= 4 is 27.5 Å². The molecule has 19 heavy (non-hydrogen) atoms. The van der Waals surface area contributed by atoms with Crippen LogP contribution in [0.25, 0.3) is 0 Å². The highest BCUT2D eigenvalue weighted by Gasteiger charge is 2.12. The van der Waals surface area contributed by atoms with Gasteiger partial charge in [-0.15, -0.1) is 0 Å². The van der Waals surface area contributed by atoms with Crippen molar-refractivity contribution in [1.29, 1.82) is 0 Å². The maximum absolute atomic E-state index is 11.3. The van der Waals surface area contributed by atoms with E-state index in [0.717, 1.165) is 11.8 Å². The third kappa shape index (κ3) is 3.34. The van der Waals surface area contributed by atoms with Gasteiger partial charge in [0.2, 0.25) is 10.0 Å². The molecule has 0 aliphatic heterocycles. The van der Waals surface area contributed by atoms with Crippen molar-refractivity contribution in [3.8, 4) is 0 Å². The van der Waals surface area contributed by atoms with Crippen molar-refractivity contribution in [2.75, 3.05) is 5.73 Å². The van der Waals surface area contributed by atoms with Crippen LogP contribution in [0.4, 0.5) is 5.69 Å². The summed E-state index contributed by atoms with van der Waals surface area (Å²) in [6, 6.07) is 5.36. The van der Waals surface area contributed by atoms with Crippen LogP contribution in [0.15, 0.2) is 50.2 Å². The SMILES string of the molecule is Nc1ccc(S(N)(=O)=O)cc1Sc1nccc(=O)[nH]1. The molecule has 1 aromatic carbocycles. The Morgan fingerprint density at radius 3 is 2.63 bits per heavy atom. The first-order valence-corrected chi connectivity index (χ1v) is 7.38. The minimum absolute atomic E-state index is 0.0533. The highest BCUT2D eigenvalue weighted by atomic mass is 32.2. The monoisotopic (exact) mass is 298 g/mol. The van der Waals surface area contributed by atoms with E-state index in [1.165, 1.54) is 30.5 Å². The molecule has 100 valence electrons. The molecule has 0 aliphatic carbocycles. The molecule has 7 nitrogen and oxygen atoms in total. The van der Waals surface area contributed by atoms with Gasteiger partial charge in [-0.05, 0) is 30.0 Å². The Kier molecular flexibility index (Phi) is 3.60. The topological polar surface area (TPSA) is 132 Å². The van der Waals surface area contributed by atoms with Crippen LogP contribution < -0.4 is 16.4 Å². The van der Waals surface area contributed by atoms with Gasteiger partial charge in [0.05, 0.1) is 4.90 Å². The van der Waals surface area contributed by atoms with Gasteiger partial charge in [-0.3, -0.25) is 4.79 Å². The lowest BCUT2D eigenvalue weighted by Crippen LogP contribution is -2.12. The van der Waals surface area contributed by atoms with Crippen LogP contribution >= 0.6 is 11.8 Å². The standard InChI is InChI=1S/C10H10N4O3S2/c11-7-2-1-6(19(12,16)17)5-8(7)18-10-13-4-3-9(15)14-10/h1-5H,11H2,(H2,12,16,17)(H,13,14,15). The minimum atomic E-state index is -3.80. The Labute approximate surface area is 113 Å². The third-order valence-corrected chi connectivity index (χ3v) is 4.05. The van der Waals surface area contributed by atoms with Crippen LogP contribution in [0.1, 0.15) is 0 Å². The lowest BCUT2D eigenvalue weighted by Gasteiger charge is -2.06. The molecule has 0 saturated carbocycles. The molecule has 0 aliphatic rings. The molecule has 0 bridgehead atoms. The molecular formula is C10H10N4O3S2. The number of nitrogens with zero attached hydrogens (tertiary/aromatic N) is 1. The van der Waals surface area contributed by atoms with Gasteiger partial charge >= 0.3 is 0 Å². The van der Waals surface area contributed by atoms with Gasteiger partial charge in [0.1, 0.15) is 0 Å². The number of aromatic amines is 1. The van der Waals surface area contributed by atoms with E-state index in [0.29, 0.717) is 15.7 Å². The molecule has 0 saturated heterocycles. The lowest BCUT2D eigenvalue weighted by molar-refractivity contribution is 0.597. The fraction of sp³-hybridized carbons (Fsp3) is 0. The lowest BCUT2D eigenvalue weighted by atomic mass is 10.3. The number of hydrogen-bond acceptors (Lipinski definition) is 6. The molecule has 9 heteroatoms. The fourth-order valence-corrected chi connectivity index (χ4v) is 2.75. The van der Waals surface area contributed by atoms with E-state index in [1.807, 2.05) is 0 Å². The Hall–Kier alpha value is -1.84. The minimum Gasteiger partial charge on any atom is -0.398 e. The zero-order valence-electron chi connectivity index (χ0n) is 9.53. The number of aromatic nitrogens is 2. The van der Waals surface area contributed by atoms with Crippen molar-refractivity contribution in [3.63, 3.8) is 0 Å². The third-order valence-electron chi connectivity index (χ3n) is 2.17. The smallest absolute Gasteiger partial charge is 0.251 e. The van der Waals surface area contributed by atoms with Crippen LogP contribution in [0, 0.1) is 0 Å². The summed E-state index contributed by atoms with van der Waals surface area (Å²) in [6.07, 6.45) is 1.35. The quantitative estimate of drug-likeness (QED) is 0.546. The van der Waals surface area contributed by atoms with Crippen molar-refractivity contribution < 1.29 is 8.42 Å². The van der Waals surface area contributed by atoms with E-state index in [-0.39, 0.29) is 10.5 Å². The summed E-state index contributed by atoms with van der Waals surface area (Å²) in [6.45, 7) is 0. The molecule has 0 amide bonds. The highest BCUT2D eigenvalue weighted by Crippen LogP contribution is 2.30. The molecule has 0 fully saturated rings. The summed E-state index contributed by atoms with van der Waals surface area (Å²) in [5.41, 5.74) is 5.80. The Bertz CT molecular complexity index is 770. The number of sulfonamides is 1. The number of H-pyrrole nitrogens is 1. The predicted octanol–water partition coefficient (Wildman–Crippen LogP) is 0.151. The normalized spacial score (nSPS) is 11.4. The van der Waals surface area contributed by atoms with Crippen LogP contribution in [0.2, 0.25) is 0 Å². The molecule has 0 unspecified atom stereocenters. The van der Waals surface area contributed by atoms with Gasteiger partial charge in [0, 0.05) is 22.8 Å². The Morgan fingerprint density at radius 2 is 2.00 bits per heavy atom. The van der Waals surface area contributed by atoms with Crippen molar-refractivity contribution in [2.24, 2.45) is 5.14 Å². The molecule has 2 aromatic rings. The van der Waals surface area contributed by atoms with Crippen molar-refractivity contribution in [1.82, 2.24) is 9.97 Å². The van der Waals surface area contributed by atoms with Gasteiger partial charge < -0.3 is 10.7 Å². The van der Waals surface area contributed by atoms with Crippen molar-refractivity contribution in [3.05, 3.63) is 40.8 Å². The Morgan fingerprint density at radius 1 is 1.26 bits per heavy atom. The number of hydrogen-bond donors (Lipinski definition) is 3. The summed E-state index contributed by atoms with van der Waals surface area (Å²) >= 11 is 1.05. The van der Waals surface area contributed by atoms with E-state index in [2.05, 4.69) is 9.97 Å². The predicted molar refractivity (Wildman–Crippen MR) is 71.2 cm³/mol. The van der Waals surface area contributed by atoms with E-state index in [1.54, 1.807) is 0 Å². The zero-order valence-corrected chi connectivity index (χ0v) is 11.2.